The minimum Gasteiger partial charge on any atom is -0.506 e. The van der Waals surface area contributed by atoms with Crippen molar-refractivity contribution in [1.82, 2.24) is 5.01 Å². The summed E-state index contributed by atoms with van der Waals surface area (Å²) < 4.78 is 6.32. The summed E-state index contributed by atoms with van der Waals surface area (Å²) in [5, 5.41) is 21.1. The fourth-order valence-electron chi connectivity index (χ4n) is 4.58. The van der Waals surface area contributed by atoms with E-state index in [-0.39, 0.29) is 16.8 Å². The zero-order chi connectivity index (χ0) is 22.7. The monoisotopic (exact) mass is 494 g/mol. The van der Waals surface area contributed by atoms with Gasteiger partial charge in [-0.25, -0.2) is 5.01 Å². The van der Waals surface area contributed by atoms with Crippen molar-refractivity contribution in [3.8, 4) is 11.5 Å². The van der Waals surface area contributed by atoms with Gasteiger partial charge in [-0.05, 0) is 52.7 Å². The zero-order valence-electron chi connectivity index (χ0n) is 17.2. The van der Waals surface area contributed by atoms with E-state index >= 15 is 0 Å². The van der Waals surface area contributed by atoms with Crippen LogP contribution in [0.15, 0.2) is 77.9 Å². The van der Waals surface area contributed by atoms with Crippen LogP contribution in [0, 0.1) is 0 Å². The third kappa shape index (κ3) is 3.50. The number of aromatic hydroxyl groups is 1. The summed E-state index contributed by atoms with van der Waals surface area (Å²) in [6.45, 7) is 0. The van der Waals surface area contributed by atoms with Gasteiger partial charge >= 0.3 is 0 Å². The van der Waals surface area contributed by atoms with E-state index in [2.05, 4.69) is 30.3 Å². The van der Waals surface area contributed by atoms with E-state index in [1.807, 2.05) is 29.3 Å². The van der Waals surface area contributed by atoms with Crippen LogP contribution in [0.4, 0.5) is 0 Å². The molecule has 2 aliphatic heterocycles. The summed E-state index contributed by atoms with van der Waals surface area (Å²) in [6, 6.07) is 23.2. The van der Waals surface area contributed by atoms with Crippen molar-refractivity contribution in [3.63, 3.8) is 0 Å². The summed E-state index contributed by atoms with van der Waals surface area (Å²) in [6.07, 6.45) is -0.0292. The Morgan fingerprint density at radius 2 is 1.64 bits per heavy atom. The van der Waals surface area contributed by atoms with Gasteiger partial charge in [0.1, 0.15) is 11.5 Å². The lowest BCUT2D eigenvalue weighted by Crippen LogP contribution is -2.33. The first kappa shape index (κ1) is 20.7. The van der Waals surface area contributed by atoms with Crippen LogP contribution in [0.3, 0.4) is 0 Å². The molecule has 0 radical (unpaired) electrons. The van der Waals surface area contributed by atoms with E-state index in [9.17, 15) is 5.11 Å². The van der Waals surface area contributed by atoms with E-state index in [0.717, 1.165) is 22.2 Å². The molecule has 164 valence electrons. The Morgan fingerprint density at radius 3 is 2.48 bits per heavy atom. The molecule has 2 heterocycles. The van der Waals surface area contributed by atoms with Crippen LogP contribution in [-0.4, -0.2) is 15.8 Å². The van der Waals surface area contributed by atoms with Gasteiger partial charge < -0.3 is 9.84 Å². The van der Waals surface area contributed by atoms with Crippen LogP contribution in [0.1, 0.15) is 35.4 Å². The quantitative estimate of drug-likeness (QED) is 0.309. The molecular formula is C26H17Cl3N2O2. The van der Waals surface area contributed by atoms with Crippen molar-refractivity contribution >= 4 is 51.3 Å². The topological polar surface area (TPSA) is 45.1 Å². The van der Waals surface area contributed by atoms with E-state index in [1.165, 1.54) is 11.5 Å². The Bertz CT molecular complexity index is 1450. The molecule has 4 aromatic rings. The Balaban J connectivity index is 1.49. The van der Waals surface area contributed by atoms with Crippen LogP contribution in [0.2, 0.25) is 15.1 Å². The predicted molar refractivity (Wildman–Crippen MR) is 133 cm³/mol. The van der Waals surface area contributed by atoms with Crippen LogP contribution < -0.4 is 4.74 Å². The average Bonchev–Trinajstić information content (AvgIpc) is 3.27. The number of phenols is 1. The number of ether oxygens (including phenoxy) is 1. The zero-order valence-corrected chi connectivity index (χ0v) is 19.4. The van der Waals surface area contributed by atoms with Crippen molar-refractivity contribution in [2.75, 3.05) is 0 Å². The molecular weight excluding hydrogens is 479 g/mol. The number of hydrogen-bond acceptors (Lipinski definition) is 4. The minimum atomic E-state index is -0.696. The molecule has 0 spiro atoms. The number of phenolic OH excluding ortho intramolecular Hbond substituents is 1. The summed E-state index contributed by atoms with van der Waals surface area (Å²) in [5.74, 6) is 0.618. The summed E-state index contributed by atoms with van der Waals surface area (Å²) >= 11 is 18.8. The van der Waals surface area contributed by atoms with Gasteiger partial charge in [0, 0.05) is 22.0 Å². The molecule has 4 aromatic carbocycles. The number of rotatable bonds is 2. The van der Waals surface area contributed by atoms with E-state index in [1.54, 1.807) is 12.1 Å². The standard InChI is InChI=1S/C26H17Cl3N2O2/c27-17-7-8-24-19(10-17)23-13-22(16-6-5-14-3-1-2-4-15(14)9-16)30-31(23)26(33-24)20-11-18(28)12-21(29)25(20)32/h1-12,23,26,32H,13H2. The van der Waals surface area contributed by atoms with Crippen molar-refractivity contribution < 1.29 is 9.84 Å². The highest BCUT2D eigenvalue weighted by molar-refractivity contribution is 6.35. The first-order valence-electron chi connectivity index (χ1n) is 10.5. The number of hydrazone groups is 1. The maximum Gasteiger partial charge on any atom is 0.217 e. The molecule has 0 bridgehead atoms. The molecule has 7 heteroatoms. The molecule has 0 aliphatic carbocycles. The third-order valence-electron chi connectivity index (χ3n) is 6.16. The van der Waals surface area contributed by atoms with Gasteiger partial charge in [0.25, 0.3) is 0 Å². The predicted octanol–water partition coefficient (Wildman–Crippen LogP) is 7.75. The molecule has 2 aliphatic rings. The second kappa shape index (κ2) is 7.84. The number of hydrogen-bond donors (Lipinski definition) is 1. The summed E-state index contributed by atoms with van der Waals surface area (Å²) in [5.41, 5.74) is 3.38. The fourth-order valence-corrected chi connectivity index (χ4v) is 5.27. The molecule has 4 nitrogen and oxygen atoms in total. The average molecular weight is 496 g/mol. The smallest absolute Gasteiger partial charge is 0.217 e. The molecule has 6 rings (SSSR count). The van der Waals surface area contributed by atoms with Crippen molar-refractivity contribution in [2.24, 2.45) is 5.10 Å². The highest BCUT2D eigenvalue weighted by atomic mass is 35.5. The van der Waals surface area contributed by atoms with Crippen molar-refractivity contribution in [3.05, 3.63) is 105 Å². The Morgan fingerprint density at radius 1 is 0.848 bits per heavy atom. The van der Waals surface area contributed by atoms with Gasteiger partial charge in [0.15, 0.2) is 0 Å². The first-order valence-corrected chi connectivity index (χ1v) is 11.6. The van der Waals surface area contributed by atoms with Gasteiger partial charge in [-0.1, -0.05) is 71.2 Å². The van der Waals surface area contributed by atoms with Gasteiger partial charge in [-0.3, -0.25) is 0 Å². The largest absolute Gasteiger partial charge is 0.506 e. The molecule has 0 saturated carbocycles. The van der Waals surface area contributed by atoms with Crippen molar-refractivity contribution in [2.45, 2.75) is 18.7 Å². The van der Waals surface area contributed by atoms with Crippen LogP contribution in [-0.2, 0) is 0 Å². The maximum atomic E-state index is 10.7. The lowest BCUT2D eigenvalue weighted by molar-refractivity contribution is -0.0203. The molecule has 0 aromatic heterocycles. The maximum absolute atomic E-state index is 10.7. The Kier molecular flexibility index (Phi) is 4.91. The van der Waals surface area contributed by atoms with Gasteiger partial charge in [-0.2, -0.15) is 5.10 Å². The second-order valence-corrected chi connectivity index (χ2v) is 9.47. The number of fused-ring (bicyclic) bond motifs is 4. The normalized spacial score (nSPS) is 19.1. The van der Waals surface area contributed by atoms with Crippen LogP contribution >= 0.6 is 34.8 Å². The third-order valence-corrected chi connectivity index (χ3v) is 6.90. The number of nitrogens with zero attached hydrogens (tertiary/aromatic N) is 2. The van der Waals surface area contributed by atoms with Gasteiger partial charge in [0.05, 0.1) is 22.3 Å². The lowest BCUT2D eigenvalue weighted by Gasteiger charge is -2.38. The van der Waals surface area contributed by atoms with Crippen LogP contribution in [0.5, 0.6) is 11.5 Å². The Labute approximate surface area is 205 Å². The lowest BCUT2D eigenvalue weighted by atomic mass is 9.95. The molecule has 2 unspecified atom stereocenters. The van der Waals surface area contributed by atoms with Crippen LogP contribution in [0.25, 0.3) is 10.8 Å². The summed E-state index contributed by atoms with van der Waals surface area (Å²) in [7, 11) is 0. The highest BCUT2D eigenvalue weighted by Crippen LogP contribution is 2.50. The number of benzene rings is 4. The number of halogens is 3. The van der Waals surface area contributed by atoms with Gasteiger partial charge in [0.2, 0.25) is 6.23 Å². The highest BCUT2D eigenvalue weighted by Gasteiger charge is 2.42. The molecule has 0 amide bonds. The first-order chi connectivity index (χ1) is 16.0. The SMILES string of the molecule is Oc1c(Cl)cc(Cl)cc1C1Oc2ccc(Cl)cc2C2CC(c3ccc4ccccc4c3)=NN21. The molecule has 0 saturated heterocycles. The van der Waals surface area contributed by atoms with E-state index < -0.39 is 6.23 Å². The molecule has 2 atom stereocenters. The Hall–Kier alpha value is -2.92. The minimum absolute atomic E-state index is 0.0726. The van der Waals surface area contributed by atoms with E-state index in [0.29, 0.717) is 27.8 Å². The van der Waals surface area contributed by atoms with Gasteiger partial charge in [-0.15, -0.1) is 0 Å². The van der Waals surface area contributed by atoms with E-state index in [4.69, 9.17) is 44.6 Å². The molecule has 0 fully saturated rings. The molecule has 33 heavy (non-hydrogen) atoms. The van der Waals surface area contributed by atoms with Crippen molar-refractivity contribution in [1.29, 1.82) is 0 Å². The molecule has 1 N–H and O–H groups in total. The fraction of sp³-hybridized carbons (Fsp3) is 0.115. The second-order valence-electron chi connectivity index (χ2n) is 8.19. The summed E-state index contributed by atoms with van der Waals surface area (Å²) in [4.78, 5) is 0.